The average Bonchev–Trinajstić information content (AvgIpc) is 2.91. The van der Waals surface area contributed by atoms with E-state index in [-0.39, 0.29) is 17.0 Å². The molecule has 242 valence electrons. The van der Waals surface area contributed by atoms with Crippen molar-refractivity contribution in [2.75, 3.05) is 59.5 Å². The molecular formula is C27H63NO9Si3. The Bertz CT molecular complexity index is 492. The van der Waals surface area contributed by atoms with Crippen molar-refractivity contribution in [3.63, 3.8) is 0 Å². The molecule has 0 saturated carbocycles. The van der Waals surface area contributed by atoms with Crippen LogP contribution in [0.5, 0.6) is 0 Å². The molecule has 0 N–H and O–H groups in total. The molecule has 0 amide bonds. The highest BCUT2D eigenvalue weighted by molar-refractivity contribution is 6.66. The molecule has 0 aliphatic carbocycles. The van der Waals surface area contributed by atoms with E-state index in [1.165, 1.54) is 0 Å². The van der Waals surface area contributed by atoms with Crippen LogP contribution in [0.3, 0.4) is 0 Å². The van der Waals surface area contributed by atoms with Gasteiger partial charge >= 0.3 is 26.4 Å². The molecule has 0 aromatic carbocycles. The van der Waals surface area contributed by atoms with Crippen molar-refractivity contribution in [3.05, 3.63) is 0 Å². The van der Waals surface area contributed by atoms with Crippen LogP contribution in [0, 0.1) is 0 Å². The number of nitrogens with zero attached hydrogens (tertiary/aromatic N) is 1. The number of rotatable bonds is 27. The molecule has 0 heterocycles. The predicted molar refractivity (Wildman–Crippen MR) is 166 cm³/mol. The summed E-state index contributed by atoms with van der Waals surface area (Å²) in [5, 5.41) is 0. The molecule has 0 spiro atoms. The Kier molecular flexibility index (Phi) is 22.0. The van der Waals surface area contributed by atoms with Gasteiger partial charge in [0.2, 0.25) is 0 Å². The normalized spacial score (nSPS) is 15.5. The Morgan fingerprint density at radius 2 is 0.475 bits per heavy atom. The lowest BCUT2D eigenvalue weighted by molar-refractivity contribution is -0.0258. The highest BCUT2D eigenvalue weighted by Gasteiger charge is 2.64. The first kappa shape index (κ1) is 40.3. The van der Waals surface area contributed by atoms with E-state index in [4.69, 9.17) is 39.8 Å². The van der Waals surface area contributed by atoms with Gasteiger partial charge in [0.1, 0.15) is 0 Å². The van der Waals surface area contributed by atoms with Crippen molar-refractivity contribution in [1.82, 2.24) is 4.90 Å². The van der Waals surface area contributed by atoms with Gasteiger partial charge in [-0.05, 0) is 81.6 Å². The van der Waals surface area contributed by atoms with Crippen LogP contribution in [0.25, 0.3) is 0 Å². The maximum atomic E-state index is 6.56. The summed E-state index contributed by atoms with van der Waals surface area (Å²) in [6.07, 6.45) is 2.13. The van der Waals surface area contributed by atoms with E-state index in [0.717, 1.165) is 0 Å². The fraction of sp³-hybridized carbons (Fsp3) is 1.00. The third-order valence-electron chi connectivity index (χ3n) is 6.57. The molecule has 10 nitrogen and oxygen atoms in total. The summed E-state index contributed by atoms with van der Waals surface area (Å²) in [6, 6.07) is 0. The van der Waals surface area contributed by atoms with Gasteiger partial charge in [-0.1, -0.05) is 20.8 Å². The molecule has 0 rings (SSSR count). The Morgan fingerprint density at radius 3 is 0.575 bits per heavy atom. The summed E-state index contributed by atoms with van der Waals surface area (Å²) in [4.78, 5) is 2.44. The summed E-state index contributed by atoms with van der Waals surface area (Å²) >= 11 is 0. The van der Waals surface area contributed by atoms with Crippen molar-refractivity contribution >= 4 is 26.4 Å². The van der Waals surface area contributed by atoms with Crippen molar-refractivity contribution in [2.45, 2.75) is 119 Å². The van der Waals surface area contributed by atoms with Crippen LogP contribution < -0.4 is 0 Å². The van der Waals surface area contributed by atoms with Gasteiger partial charge in [0.05, 0.1) is 17.0 Å². The standard InChI is InChI=1S/C27H63NO9Si3/c1-13-25(38(29-16-4,30-17-5)31-18-6)28(26(14-2)39(32-19-7,33-20-8)34-21-9)27(15-3)40(35-22-10,36-23-11)37-24-12/h25-27H,13-24H2,1-12H3/t25-,26-,27-/m0/s1. The van der Waals surface area contributed by atoms with Crippen LogP contribution in [0.1, 0.15) is 102 Å². The molecule has 0 unspecified atom stereocenters. The Morgan fingerprint density at radius 1 is 0.325 bits per heavy atom. The molecular weight excluding hydrogens is 567 g/mol. The summed E-state index contributed by atoms with van der Waals surface area (Å²) in [6.45, 7) is 28.6. The quantitative estimate of drug-likeness (QED) is 0.110. The maximum absolute atomic E-state index is 6.56. The summed E-state index contributed by atoms with van der Waals surface area (Å²) in [5.41, 5.74) is -0.740. The van der Waals surface area contributed by atoms with Gasteiger partial charge in [0, 0.05) is 59.5 Å². The van der Waals surface area contributed by atoms with Crippen molar-refractivity contribution in [3.8, 4) is 0 Å². The molecule has 40 heavy (non-hydrogen) atoms. The van der Waals surface area contributed by atoms with Gasteiger partial charge in [-0.25, -0.2) is 0 Å². The first-order valence-electron chi connectivity index (χ1n) is 15.8. The molecule has 3 atom stereocenters. The Hall–Kier alpha value is 0.251. The van der Waals surface area contributed by atoms with E-state index in [1.807, 2.05) is 62.3 Å². The highest BCUT2D eigenvalue weighted by Crippen LogP contribution is 2.37. The molecule has 0 aliphatic heterocycles. The van der Waals surface area contributed by atoms with Gasteiger partial charge in [-0.3, -0.25) is 4.90 Å². The zero-order valence-electron chi connectivity index (χ0n) is 27.8. The van der Waals surface area contributed by atoms with E-state index in [0.29, 0.717) is 78.7 Å². The smallest absolute Gasteiger partial charge is 0.373 e. The van der Waals surface area contributed by atoms with Gasteiger partial charge in [0.15, 0.2) is 0 Å². The fourth-order valence-electron chi connectivity index (χ4n) is 5.63. The zero-order valence-corrected chi connectivity index (χ0v) is 30.8. The van der Waals surface area contributed by atoms with Crippen LogP contribution >= 0.6 is 0 Å². The summed E-state index contributed by atoms with van der Waals surface area (Å²) in [7, 11) is -9.91. The first-order chi connectivity index (χ1) is 19.3. The van der Waals surface area contributed by atoms with E-state index in [1.54, 1.807) is 0 Å². The second-order valence-corrected chi connectivity index (χ2v) is 17.1. The second kappa shape index (κ2) is 21.9. The molecule has 0 radical (unpaired) electrons. The van der Waals surface area contributed by atoms with Crippen LogP contribution in [-0.4, -0.2) is 108 Å². The monoisotopic (exact) mass is 629 g/mol. The lowest BCUT2D eigenvalue weighted by atomic mass is 10.3. The molecule has 0 bridgehead atoms. The topological polar surface area (TPSA) is 86.3 Å². The fourth-order valence-corrected chi connectivity index (χ4v) is 15.9. The van der Waals surface area contributed by atoms with Crippen LogP contribution in [-0.2, 0) is 39.8 Å². The Balaban J connectivity index is 7.82. The number of hydrogen-bond donors (Lipinski definition) is 0. The Labute approximate surface area is 249 Å². The highest BCUT2D eigenvalue weighted by atomic mass is 28.4. The molecule has 0 saturated heterocycles. The largest absolute Gasteiger partial charge is 0.519 e. The molecule has 0 aromatic rings. The van der Waals surface area contributed by atoms with Crippen LogP contribution in [0.2, 0.25) is 0 Å². The minimum absolute atomic E-state index is 0.247. The minimum Gasteiger partial charge on any atom is -0.373 e. The van der Waals surface area contributed by atoms with Gasteiger partial charge in [-0.15, -0.1) is 0 Å². The van der Waals surface area contributed by atoms with Gasteiger partial charge in [-0.2, -0.15) is 0 Å². The van der Waals surface area contributed by atoms with E-state index < -0.39 is 26.4 Å². The second-order valence-electron chi connectivity index (χ2n) is 8.93. The third-order valence-corrected chi connectivity index (χ3v) is 17.4. The third kappa shape index (κ3) is 10.2. The summed E-state index contributed by atoms with van der Waals surface area (Å²) in [5.74, 6) is 0. The van der Waals surface area contributed by atoms with E-state index in [2.05, 4.69) is 25.7 Å². The van der Waals surface area contributed by atoms with Crippen molar-refractivity contribution in [1.29, 1.82) is 0 Å². The van der Waals surface area contributed by atoms with Crippen LogP contribution in [0.4, 0.5) is 0 Å². The van der Waals surface area contributed by atoms with Crippen molar-refractivity contribution < 1.29 is 39.8 Å². The lowest BCUT2D eigenvalue weighted by Gasteiger charge is -2.52. The van der Waals surface area contributed by atoms with Crippen LogP contribution in [0.15, 0.2) is 0 Å². The maximum Gasteiger partial charge on any atom is 0.519 e. The molecule has 0 aliphatic rings. The molecule has 13 heteroatoms. The van der Waals surface area contributed by atoms with Gasteiger partial charge in [0.25, 0.3) is 0 Å². The van der Waals surface area contributed by atoms with E-state index in [9.17, 15) is 0 Å². The first-order valence-corrected chi connectivity index (χ1v) is 21.2. The zero-order chi connectivity index (χ0) is 30.7. The van der Waals surface area contributed by atoms with Gasteiger partial charge < -0.3 is 39.8 Å². The van der Waals surface area contributed by atoms with Crippen molar-refractivity contribution in [2.24, 2.45) is 0 Å². The predicted octanol–water partition coefficient (Wildman–Crippen LogP) is 5.39. The average molecular weight is 630 g/mol. The van der Waals surface area contributed by atoms with E-state index >= 15 is 0 Å². The summed E-state index contributed by atoms with van der Waals surface area (Å²) < 4.78 is 59.0. The molecule has 0 fully saturated rings. The lowest BCUT2D eigenvalue weighted by Crippen LogP contribution is -2.77. The minimum atomic E-state index is -3.30. The SMILES string of the molecule is CCO[Si](OCC)(OCC)[C@@H](CC)N([C@H](CC)[Si](OCC)(OCC)OCC)[C@H](CC)[Si](OCC)(OCC)OCC. The number of hydrogen-bond acceptors (Lipinski definition) is 10. The molecule has 0 aromatic heterocycles.